The number of pyridine rings is 1. The molecule has 0 saturated carbocycles. The van der Waals surface area contributed by atoms with Crippen LogP contribution >= 0.6 is 35.6 Å². The van der Waals surface area contributed by atoms with Crippen LogP contribution in [0.4, 0.5) is 5.69 Å². The van der Waals surface area contributed by atoms with Gasteiger partial charge in [-0.05, 0) is 42.5 Å². The highest BCUT2D eigenvalue weighted by molar-refractivity contribution is 8.27. The maximum absolute atomic E-state index is 12.7. The molecule has 0 atom stereocenters. The first-order valence-electron chi connectivity index (χ1n) is 7.60. The molecule has 26 heavy (non-hydrogen) atoms. The molecule has 0 aliphatic carbocycles. The van der Waals surface area contributed by atoms with Crippen molar-refractivity contribution >= 4 is 57.6 Å². The standard InChI is InChI=1S/C18H11ClN4OS2/c19-13-3-5-14(6-4-13)22-11-12(9-21-22)8-16-17(24)23(18(25)26-16)15-2-1-7-20-10-15/h1-11H/b16-8+. The Morgan fingerprint density at radius 1 is 1.12 bits per heavy atom. The van der Waals surface area contributed by atoms with Gasteiger partial charge in [0.15, 0.2) is 4.32 Å². The molecule has 3 aromatic rings. The van der Waals surface area contributed by atoms with Gasteiger partial charge in [-0.3, -0.25) is 14.7 Å². The van der Waals surface area contributed by atoms with E-state index in [1.54, 1.807) is 53.6 Å². The summed E-state index contributed by atoms with van der Waals surface area (Å²) >= 11 is 12.5. The van der Waals surface area contributed by atoms with Crippen LogP contribution in [-0.4, -0.2) is 25.0 Å². The van der Waals surface area contributed by atoms with Gasteiger partial charge in [-0.15, -0.1) is 0 Å². The van der Waals surface area contributed by atoms with Crippen molar-refractivity contribution in [2.75, 3.05) is 4.90 Å². The molecule has 8 heteroatoms. The Morgan fingerprint density at radius 3 is 2.65 bits per heavy atom. The fourth-order valence-corrected chi connectivity index (χ4v) is 3.90. The van der Waals surface area contributed by atoms with E-state index < -0.39 is 0 Å². The summed E-state index contributed by atoms with van der Waals surface area (Å²) < 4.78 is 2.21. The van der Waals surface area contributed by atoms with Crippen LogP contribution in [0.3, 0.4) is 0 Å². The SMILES string of the molecule is O=C1/C(=C\c2cnn(-c3ccc(Cl)cc3)c2)SC(=S)N1c1cccnc1. The molecule has 0 radical (unpaired) electrons. The summed E-state index contributed by atoms with van der Waals surface area (Å²) in [6, 6.07) is 10.9. The van der Waals surface area contributed by atoms with Gasteiger partial charge in [0.1, 0.15) is 0 Å². The number of carbonyl (C=O) groups is 1. The number of thioether (sulfide) groups is 1. The highest BCUT2D eigenvalue weighted by Gasteiger charge is 2.33. The number of benzene rings is 1. The molecule has 2 aromatic heterocycles. The molecule has 0 spiro atoms. The van der Waals surface area contributed by atoms with Crippen LogP contribution in [0.25, 0.3) is 11.8 Å². The van der Waals surface area contributed by atoms with Gasteiger partial charge in [0.25, 0.3) is 5.91 Å². The van der Waals surface area contributed by atoms with Crippen LogP contribution in [0.5, 0.6) is 0 Å². The minimum atomic E-state index is -0.160. The molecule has 3 heterocycles. The van der Waals surface area contributed by atoms with E-state index in [-0.39, 0.29) is 5.91 Å². The number of hydrogen-bond acceptors (Lipinski definition) is 5. The number of nitrogens with zero attached hydrogens (tertiary/aromatic N) is 4. The molecule has 128 valence electrons. The third-order valence-electron chi connectivity index (χ3n) is 3.69. The third kappa shape index (κ3) is 3.29. The Balaban J connectivity index is 1.60. The molecule has 1 aliphatic heterocycles. The fraction of sp³-hybridized carbons (Fsp3) is 0. The van der Waals surface area contributed by atoms with Crippen molar-refractivity contribution in [1.82, 2.24) is 14.8 Å². The first-order valence-corrected chi connectivity index (χ1v) is 9.21. The predicted octanol–water partition coefficient (Wildman–Crippen LogP) is 4.33. The highest BCUT2D eigenvalue weighted by Crippen LogP contribution is 2.35. The second-order valence-electron chi connectivity index (χ2n) is 5.42. The van der Waals surface area contributed by atoms with E-state index in [9.17, 15) is 4.79 Å². The zero-order valence-corrected chi connectivity index (χ0v) is 15.6. The van der Waals surface area contributed by atoms with Gasteiger partial charge in [0.05, 0.1) is 28.7 Å². The summed E-state index contributed by atoms with van der Waals surface area (Å²) in [5.74, 6) is -0.160. The number of amides is 1. The van der Waals surface area contributed by atoms with E-state index >= 15 is 0 Å². The maximum atomic E-state index is 12.7. The lowest BCUT2D eigenvalue weighted by Gasteiger charge is -2.13. The Labute approximate surface area is 164 Å². The molecule has 0 unspecified atom stereocenters. The fourth-order valence-electron chi connectivity index (χ4n) is 2.47. The average molecular weight is 399 g/mol. The second-order valence-corrected chi connectivity index (χ2v) is 7.54. The molecule has 0 N–H and O–H groups in total. The van der Waals surface area contributed by atoms with Crippen LogP contribution in [0.15, 0.2) is 66.1 Å². The van der Waals surface area contributed by atoms with Gasteiger partial charge >= 0.3 is 0 Å². The molecule has 1 aromatic carbocycles. The van der Waals surface area contributed by atoms with Gasteiger partial charge in [0.2, 0.25) is 0 Å². The predicted molar refractivity (Wildman–Crippen MR) is 108 cm³/mol. The quantitative estimate of drug-likeness (QED) is 0.485. The number of aromatic nitrogens is 3. The van der Waals surface area contributed by atoms with Crippen LogP contribution < -0.4 is 4.90 Å². The molecule has 5 nitrogen and oxygen atoms in total. The van der Waals surface area contributed by atoms with Crippen molar-refractivity contribution in [1.29, 1.82) is 0 Å². The highest BCUT2D eigenvalue weighted by atomic mass is 35.5. The van der Waals surface area contributed by atoms with Gasteiger partial charge in [-0.1, -0.05) is 35.6 Å². The van der Waals surface area contributed by atoms with Crippen LogP contribution in [0.1, 0.15) is 5.56 Å². The Hall–Kier alpha value is -2.48. The number of carbonyl (C=O) groups excluding carboxylic acids is 1. The summed E-state index contributed by atoms with van der Waals surface area (Å²) in [4.78, 5) is 18.8. The average Bonchev–Trinajstić information content (AvgIpc) is 3.21. The lowest BCUT2D eigenvalue weighted by Crippen LogP contribution is -2.27. The topological polar surface area (TPSA) is 51.0 Å². The van der Waals surface area contributed by atoms with Gasteiger partial charge < -0.3 is 0 Å². The molecular formula is C18H11ClN4OS2. The van der Waals surface area contributed by atoms with Crippen molar-refractivity contribution in [2.24, 2.45) is 0 Å². The summed E-state index contributed by atoms with van der Waals surface area (Å²) in [5.41, 5.74) is 2.36. The summed E-state index contributed by atoms with van der Waals surface area (Å²) in [5, 5.41) is 5.00. The number of anilines is 1. The van der Waals surface area contributed by atoms with Crippen molar-refractivity contribution in [3.05, 3.63) is 76.7 Å². The summed E-state index contributed by atoms with van der Waals surface area (Å²) in [6.07, 6.45) is 8.61. The third-order valence-corrected chi connectivity index (χ3v) is 5.24. The molecule has 1 fully saturated rings. The Morgan fingerprint density at radius 2 is 1.92 bits per heavy atom. The van der Waals surface area contributed by atoms with E-state index in [0.29, 0.717) is 19.9 Å². The number of halogens is 1. The van der Waals surface area contributed by atoms with Gasteiger partial charge in [0, 0.05) is 23.0 Å². The van der Waals surface area contributed by atoms with E-state index in [2.05, 4.69) is 10.1 Å². The smallest absolute Gasteiger partial charge is 0.268 e. The summed E-state index contributed by atoms with van der Waals surface area (Å²) in [7, 11) is 0. The van der Waals surface area contributed by atoms with Crippen LogP contribution in [0, 0.1) is 0 Å². The Kier molecular flexibility index (Phi) is 4.58. The lowest BCUT2D eigenvalue weighted by molar-refractivity contribution is -0.113. The van der Waals surface area contributed by atoms with Crippen molar-refractivity contribution in [3.8, 4) is 5.69 Å². The largest absolute Gasteiger partial charge is 0.270 e. The zero-order valence-electron chi connectivity index (χ0n) is 13.2. The number of thiocarbonyl (C=S) groups is 1. The van der Waals surface area contributed by atoms with Crippen LogP contribution in [-0.2, 0) is 4.79 Å². The normalized spacial score (nSPS) is 15.9. The summed E-state index contributed by atoms with van der Waals surface area (Å²) in [6.45, 7) is 0. The molecule has 1 saturated heterocycles. The first-order chi connectivity index (χ1) is 12.6. The molecule has 4 rings (SSSR count). The molecule has 0 bridgehead atoms. The first kappa shape index (κ1) is 17.0. The molecule has 1 amide bonds. The van der Waals surface area contributed by atoms with E-state index in [4.69, 9.17) is 23.8 Å². The zero-order chi connectivity index (χ0) is 18.1. The monoisotopic (exact) mass is 398 g/mol. The van der Waals surface area contributed by atoms with Crippen molar-refractivity contribution < 1.29 is 4.79 Å². The molecular weight excluding hydrogens is 388 g/mol. The number of hydrogen-bond donors (Lipinski definition) is 0. The van der Waals surface area contributed by atoms with Crippen molar-refractivity contribution in [2.45, 2.75) is 0 Å². The second kappa shape index (κ2) is 7.03. The van der Waals surface area contributed by atoms with Gasteiger partial charge in [-0.25, -0.2) is 4.68 Å². The van der Waals surface area contributed by atoms with Crippen molar-refractivity contribution in [3.63, 3.8) is 0 Å². The lowest BCUT2D eigenvalue weighted by atomic mass is 10.3. The molecule has 1 aliphatic rings. The van der Waals surface area contributed by atoms with Gasteiger partial charge in [-0.2, -0.15) is 5.10 Å². The maximum Gasteiger partial charge on any atom is 0.270 e. The van der Waals surface area contributed by atoms with E-state index in [0.717, 1.165) is 11.3 Å². The minimum absolute atomic E-state index is 0.160. The van der Waals surface area contributed by atoms with E-state index in [1.807, 2.05) is 18.3 Å². The minimum Gasteiger partial charge on any atom is -0.268 e. The van der Waals surface area contributed by atoms with Crippen LogP contribution in [0.2, 0.25) is 5.02 Å². The van der Waals surface area contributed by atoms with E-state index in [1.165, 1.54) is 16.7 Å². The number of rotatable bonds is 3. The Bertz CT molecular complexity index is 1020.